The Hall–Kier alpha value is 0.650. The number of quaternary nitrogens is 1. The van der Waals surface area contributed by atoms with E-state index in [2.05, 4.69) is 27.8 Å². The third-order valence-electron chi connectivity index (χ3n) is 3.08. The minimum atomic E-state index is 0. The zero-order chi connectivity index (χ0) is 8.54. The summed E-state index contributed by atoms with van der Waals surface area (Å²) < 4.78 is 6.49. The molecule has 0 saturated carbocycles. The molecule has 1 aliphatic heterocycles. The zero-order valence-electron chi connectivity index (χ0n) is 8.56. The first-order chi connectivity index (χ1) is 4.96. The summed E-state index contributed by atoms with van der Waals surface area (Å²) in [5.74, 6) is 0. The Bertz CT molecular complexity index is 136. The molecule has 0 radical (unpaired) electrons. The zero-order valence-corrected chi connectivity index (χ0v) is 10.7. The van der Waals surface area contributed by atoms with Crippen LogP contribution in [-0.2, 0) is 4.74 Å². The molecule has 0 aromatic rings. The van der Waals surface area contributed by atoms with E-state index in [1.807, 2.05) is 0 Å². The minimum absolute atomic E-state index is 0. The molecule has 0 amide bonds. The van der Waals surface area contributed by atoms with Crippen LogP contribution in [0.25, 0.3) is 0 Å². The lowest BCUT2D eigenvalue weighted by molar-refractivity contribution is -0.959. The van der Waals surface area contributed by atoms with Crippen LogP contribution in [0.1, 0.15) is 20.8 Å². The topological polar surface area (TPSA) is 9.23 Å². The molecule has 0 atom stereocenters. The Morgan fingerprint density at radius 3 is 1.75 bits per heavy atom. The average molecular weight is 285 g/mol. The van der Waals surface area contributed by atoms with Crippen LogP contribution in [0.2, 0.25) is 0 Å². The van der Waals surface area contributed by atoms with E-state index in [1.165, 1.54) is 0 Å². The van der Waals surface area contributed by atoms with Gasteiger partial charge in [0.05, 0.1) is 25.8 Å². The molecule has 0 aromatic heterocycles. The summed E-state index contributed by atoms with van der Waals surface area (Å²) in [6.45, 7) is 11.1. The first-order valence-electron chi connectivity index (χ1n) is 4.38. The summed E-state index contributed by atoms with van der Waals surface area (Å²) in [5, 5.41) is 0. The quantitative estimate of drug-likeness (QED) is 0.379. The molecule has 74 valence electrons. The molecule has 1 heterocycles. The average Bonchev–Trinajstić information content (AvgIpc) is 1.87. The van der Waals surface area contributed by atoms with E-state index in [1.54, 1.807) is 0 Å². The van der Waals surface area contributed by atoms with Gasteiger partial charge in [-0.15, -0.1) is 0 Å². The molecule has 3 heteroatoms. The van der Waals surface area contributed by atoms with Gasteiger partial charge in [0.1, 0.15) is 13.1 Å². The third kappa shape index (κ3) is 2.57. The lowest BCUT2D eigenvalue weighted by atomic mass is 10.0. The number of morpholine rings is 1. The summed E-state index contributed by atoms with van der Waals surface area (Å²) in [6.07, 6.45) is 0. The Morgan fingerprint density at radius 2 is 1.50 bits per heavy atom. The standard InChI is InChI=1S/C9H20NO.HI/c1-9(2,3)10(4)5-7-11-8-6-10;/h5-8H2,1-4H3;1H/q+1;/p-1. The van der Waals surface area contributed by atoms with Crippen molar-refractivity contribution < 1.29 is 33.2 Å². The monoisotopic (exact) mass is 285 g/mol. The van der Waals surface area contributed by atoms with Crippen molar-refractivity contribution >= 4 is 0 Å². The van der Waals surface area contributed by atoms with Gasteiger partial charge in [0.2, 0.25) is 0 Å². The molecule has 0 N–H and O–H groups in total. The number of halogens is 1. The highest BCUT2D eigenvalue weighted by Gasteiger charge is 2.37. The van der Waals surface area contributed by atoms with Crippen LogP contribution in [-0.4, -0.2) is 43.4 Å². The highest BCUT2D eigenvalue weighted by molar-refractivity contribution is 4.64. The molecule has 1 aliphatic rings. The van der Waals surface area contributed by atoms with Gasteiger partial charge in [-0.3, -0.25) is 0 Å². The molecule has 0 aromatic carbocycles. The van der Waals surface area contributed by atoms with Gasteiger partial charge in [0, 0.05) is 0 Å². The van der Waals surface area contributed by atoms with Crippen LogP contribution >= 0.6 is 0 Å². The largest absolute Gasteiger partial charge is 1.00 e. The first kappa shape index (κ1) is 12.7. The molecule has 0 spiro atoms. The van der Waals surface area contributed by atoms with Gasteiger partial charge in [0.25, 0.3) is 0 Å². The fraction of sp³-hybridized carbons (Fsp3) is 1.00. The van der Waals surface area contributed by atoms with E-state index in [-0.39, 0.29) is 24.0 Å². The maximum Gasteiger partial charge on any atom is 0.103 e. The van der Waals surface area contributed by atoms with Crippen molar-refractivity contribution in [3.63, 3.8) is 0 Å². The van der Waals surface area contributed by atoms with Crippen molar-refractivity contribution in [3.8, 4) is 0 Å². The molecule has 2 nitrogen and oxygen atoms in total. The molecule has 12 heavy (non-hydrogen) atoms. The van der Waals surface area contributed by atoms with Gasteiger partial charge in [0.15, 0.2) is 0 Å². The predicted molar refractivity (Wildman–Crippen MR) is 46.5 cm³/mol. The van der Waals surface area contributed by atoms with E-state index in [0.717, 1.165) is 30.8 Å². The summed E-state index contributed by atoms with van der Waals surface area (Å²) in [5.41, 5.74) is 0.365. The number of rotatable bonds is 0. The Morgan fingerprint density at radius 1 is 1.08 bits per heavy atom. The van der Waals surface area contributed by atoms with Crippen LogP contribution < -0.4 is 24.0 Å². The first-order valence-corrected chi connectivity index (χ1v) is 4.38. The van der Waals surface area contributed by atoms with E-state index in [4.69, 9.17) is 4.74 Å². The van der Waals surface area contributed by atoms with Gasteiger partial charge in [-0.05, 0) is 20.8 Å². The Balaban J connectivity index is 0.00000121. The van der Waals surface area contributed by atoms with Crippen molar-refractivity contribution in [2.45, 2.75) is 26.3 Å². The second-order valence-corrected chi connectivity index (χ2v) is 4.63. The summed E-state index contributed by atoms with van der Waals surface area (Å²) in [4.78, 5) is 0. The lowest BCUT2D eigenvalue weighted by Gasteiger charge is -2.47. The summed E-state index contributed by atoms with van der Waals surface area (Å²) in [7, 11) is 2.32. The highest BCUT2D eigenvalue weighted by Crippen LogP contribution is 2.23. The van der Waals surface area contributed by atoms with Gasteiger partial charge in [-0.2, -0.15) is 0 Å². The molecule has 1 saturated heterocycles. The van der Waals surface area contributed by atoms with Crippen molar-refractivity contribution in [2.24, 2.45) is 0 Å². The molecule has 0 aliphatic carbocycles. The predicted octanol–water partition coefficient (Wildman–Crippen LogP) is -1.73. The molecule has 0 unspecified atom stereocenters. The summed E-state index contributed by atoms with van der Waals surface area (Å²) in [6, 6.07) is 0. The van der Waals surface area contributed by atoms with Gasteiger partial charge in [-0.1, -0.05) is 0 Å². The number of nitrogens with zero attached hydrogens (tertiary/aromatic N) is 1. The van der Waals surface area contributed by atoms with Crippen LogP contribution in [0.3, 0.4) is 0 Å². The third-order valence-corrected chi connectivity index (χ3v) is 3.08. The molecule has 1 fully saturated rings. The maximum atomic E-state index is 5.34. The van der Waals surface area contributed by atoms with Crippen molar-refractivity contribution in [1.29, 1.82) is 0 Å². The van der Waals surface area contributed by atoms with Crippen LogP contribution in [0, 0.1) is 0 Å². The van der Waals surface area contributed by atoms with Crippen LogP contribution in [0.4, 0.5) is 0 Å². The highest BCUT2D eigenvalue weighted by atomic mass is 127. The Kier molecular flexibility index (Phi) is 4.47. The van der Waals surface area contributed by atoms with Gasteiger partial charge < -0.3 is 33.2 Å². The fourth-order valence-electron chi connectivity index (χ4n) is 1.42. The van der Waals surface area contributed by atoms with Crippen molar-refractivity contribution in [2.75, 3.05) is 33.4 Å². The van der Waals surface area contributed by atoms with Crippen LogP contribution in [0.15, 0.2) is 0 Å². The second kappa shape index (κ2) is 4.24. The Labute approximate surface area is 92.9 Å². The number of hydrogen-bond acceptors (Lipinski definition) is 1. The van der Waals surface area contributed by atoms with Crippen molar-refractivity contribution in [3.05, 3.63) is 0 Å². The molecular weight excluding hydrogens is 265 g/mol. The van der Waals surface area contributed by atoms with Gasteiger partial charge in [-0.25, -0.2) is 0 Å². The van der Waals surface area contributed by atoms with E-state index < -0.39 is 0 Å². The summed E-state index contributed by atoms with van der Waals surface area (Å²) >= 11 is 0. The lowest BCUT2D eigenvalue weighted by Crippen LogP contribution is -3.00. The van der Waals surface area contributed by atoms with E-state index in [0.29, 0.717) is 5.54 Å². The SMILES string of the molecule is CC(C)(C)[N+]1(C)CCOCC1.[I-]. The van der Waals surface area contributed by atoms with E-state index in [9.17, 15) is 0 Å². The molecule has 0 bridgehead atoms. The number of likely N-dealkylation sites (N-methyl/N-ethyl adjacent to an activating group) is 1. The van der Waals surface area contributed by atoms with Crippen molar-refractivity contribution in [1.82, 2.24) is 0 Å². The van der Waals surface area contributed by atoms with E-state index >= 15 is 0 Å². The number of hydrogen-bond donors (Lipinski definition) is 0. The fourth-order valence-corrected chi connectivity index (χ4v) is 1.42. The molecular formula is C9H20INO. The second-order valence-electron chi connectivity index (χ2n) is 4.63. The number of ether oxygens (including phenoxy) is 1. The maximum absolute atomic E-state index is 5.34. The van der Waals surface area contributed by atoms with Crippen LogP contribution in [0.5, 0.6) is 0 Å². The van der Waals surface area contributed by atoms with Gasteiger partial charge >= 0.3 is 0 Å². The normalized spacial score (nSPS) is 23.0. The smallest absolute Gasteiger partial charge is 0.103 e. The molecule has 1 rings (SSSR count). The minimum Gasteiger partial charge on any atom is -1.00 e.